The van der Waals surface area contributed by atoms with Crippen molar-refractivity contribution in [1.29, 1.82) is 0 Å². The number of benzene rings is 1. The Balaban J connectivity index is 2.82. The number of carbonyl (C=O) groups excluding carboxylic acids is 1. The highest BCUT2D eigenvalue weighted by atomic mass is 32.2. The van der Waals surface area contributed by atoms with Crippen molar-refractivity contribution in [3.05, 3.63) is 18.2 Å². The number of carboxylic acids is 1. The summed E-state index contributed by atoms with van der Waals surface area (Å²) in [5, 5.41) is 20.6. The van der Waals surface area contributed by atoms with E-state index in [1.807, 2.05) is 0 Å². The molecule has 0 spiro atoms. The maximum atomic E-state index is 11.0. The summed E-state index contributed by atoms with van der Waals surface area (Å²) >= 11 is 1.16. The number of nitrogens with one attached hydrogen (secondary N) is 1. The number of carboxylic acid groups (broad SMARTS) is 1. The third kappa shape index (κ3) is 4.27. The van der Waals surface area contributed by atoms with Gasteiger partial charge in [-0.3, -0.25) is 9.59 Å². The number of phenolic OH excluding ortho intramolecular Hbond substituents is 1. The van der Waals surface area contributed by atoms with Crippen LogP contribution in [0.15, 0.2) is 23.1 Å². The molecular formula is C11H14N2O4S. The van der Waals surface area contributed by atoms with Crippen LogP contribution >= 0.6 is 11.8 Å². The van der Waals surface area contributed by atoms with E-state index in [0.29, 0.717) is 10.6 Å². The molecule has 0 aliphatic rings. The lowest BCUT2D eigenvalue weighted by Crippen LogP contribution is -2.32. The molecule has 1 rings (SSSR count). The average Bonchev–Trinajstić information content (AvgIpc) is 2.28. The summed E-state index contributed by atoms with van der Waals surface area (Å²) in [5.74, 6) is -1.16. The number of hydrogen-bond acceptors (Lipinski definition) is 5. The molecule has 1 aromatic rings. The molecule has 98 valence electrons. The molecule has 0 unspecified atom stereocenters. The number of thioether (sulfide) groups is 1. The van der Waals surface area contributed by atoms with Crippen molar-refractivity contribution in [3.63, 3.8) is 0 Å². The Hall–Kier alpha value is -1.73. The van der Waals surface area contributed by atoms with E-state index >= 15 is 0 Å². The van der Waals surface area contributed by atoms with Gasteiger partial charge in [-0.25, -0.2) is 0 Å². The monoisotopic (exact) mass is 270 g/mol. The normalized spacial score (nSPS) is 11.9. The van der Waals surface area contributed by atoms with Crippen LogP contribution in [0.2, 0.25) is 0 Å². The van der Waals surface area contributed by atoms with Crippen LogP contribution in [-0.4, -0.2) is 33.9 Å². The Kier molecular flexibility index (Phi) is 4.99. The van der Waals surface area contributed by atoms with Crippen molar-refractivity contribution < 1.29 is 19.8 Å². The van der Waals surface area contributed by atoms with Crippen molar-refractivity contribution in [1.82, 2.24) is 0 Å². The molecule has 1 aromatic carbocycles. The number of aromatic hydroxyl groups is 1. The van der Waals surface area contributed by atoms with E-state index in [0.717, 1.165) is 11.8 Å². The van der Waals surface area contributed by atoms with Crippen LogP contribution in [0.25, 0.3) is 0 Å². The molecule has 0 heterocycles. The molecule has 7 heteroatoms. The Morgan fingerprint density at radius 3 is 2.72 bits per heavy atom. The van der Waals surface area contributed by atoms with Gasteiger partial charge in [-0.15, -0.1) is 11.8 Å². The predicted octanol–water partition coefficient (Wildman–Crippen LogP) is 0.855. The van der Waals surface area contributed by atoms with E-state index in [4.69, 9.17) is 10.8 Å². The van der Waals surface area contributed by atoms with Crippen LogP contribution in [0.5, 0.6) is 5.75 Å². The summed E-state index contributed by atoms with van der Waals surface area (Å²) in [7, 11) is 0. The molecule has 6 nitrogen and oxygen atoms in total. The first-order valence-electron chi connectivity index (χ1n) is 5.12. The van der Waals surface area contributed by atoms with E-state index in [-0.39, 0.29) is 17.4 Å². The molecule has 18 heavy (non-hydrogen) atoms. The van der Waals surface area contributed by atoms with E-state index < -0.39 is 12.0 Å². The van der Waals surface area contributed by atoms with Gasteiger partial charge in [0.1, 0.15) is 11.8 Å². The third-order valence-electron chi connectivity index (χ3n) is 2.01. The molecule has 0 radical (unpaired) electrons. The number of nitrogens with two attached hydrogens (primary N) is 1. The molecule has 1 atom stereocenters. The van der Waals surface area contributed by atoms with Gasteiger partial charge in [0.25, 0.3) is 0 Å². The smallest absolute Gasteiger partial charge is 0.321 e. The number of aliphatic carboxylic acids is 1. The molecular weight excluding hydrogens is 256 g/mol. The summed E-state index contributed by atoms with van der Waals surface area (Å²) in [5.41, 5.74) is 5.90. The number of hydrogen-bond donors (Lipinski definition) is 4. The largest absolute Gasteiger partial charge is 0.508 e. The molecule has 0 bridgehead atoms. The SMILES string of the molecule is CC(=O)Nc1ccc(O)cc1SC[C@H](N)C(=O)O. The fourth-order valence-electron chi connectivity index (χ4n) is 1.17. The zero-order valence-electron chi connectivity index (χ0n) is 9.71. The lowest BCUT2D eigenvalue weighted by molar-refractivity contribution is -0.137. The minimum absolute atomic E-state index is 0.0375. The van der Waals surface area contributed by atoms with E-state index in [9.17, 15) is 14.7 Å². The summed E-state index contributed by atoms with van der Waals surface area (Å²) in [6.07, 6.45) is 0. The second-order valence-corrected chi connectivity index (χ2v) is 4.68. The molecule has 0 aromatic heterocycles. The van der Waals surface area contributed by atoms with Gasteiger partial charge in [0.2, 0.25) is 5.91 Å². The van der Waals surface area contributed by atoms with Gasteiger partial charge in [-0.05, 0) is 18.2 Å². The van der Waals surface area contributed by atoms with Gasteiger partial charge < -0.3 is 21.3 Å². The van der Waals surface area contributed by atoms with E-state index in [2.05, 4.69) is 5.32 Å². The lowest BCUT2D eigenvalue weighted by Gasteiger charge is -2.11. The maximum Gasteiger partial charge on any atom is 0.321 e. The highest BCUT2D eigenvalue weighted by Gasteiger charge is 2.13. The van der Waals surface area contributed by atoms with Gasteiger partial charge in [-0.2, -0.15) is 0 Å². The molecule has 0 aliphatic carbocycles. The van der Waals surface area contributed by atoms with E-state index in [1.165, 1.54) is 19.1 Å². The number of anilines is 1. The van der Waals surface area contributed by atoms with Gasteiger partial charge in [0.15, 0.2) is 0 Å². The van der Waals surface area contributed by atoms with Gasteiger partial charge in [-0.1, -0.05) is 0 Å². The van der Waals surface area contributed by atoms with Gasteiger partial charge in [0.05, 0.1) is 5.69 Å². The fourth-order valence-corrected chi connectivity index (χ4v) is 2.15. The van der Waals surface area contributed by atoms with Crippen molar-refractivity contribution in [2.24, 2.45) is 5.73 Å². The molecule has 1 amide bonds. The van der Waals surface area contributed by atoms with Crippen molar-refractivity contribution in [3.8, 4) is 5.75 Å². The van der Waals surface area contributed by atoms with Crippen LogP contribution in [0.3, 0.4) is 0 Å². The summed E-state index contributed by atoms with van der Waals surface area (Å²) in [6.45, 7) is 1.37. The van der Waals surface area contributed by atoms with Crippen LogP contribution in [0.1, 0.15) is 6.92 Å². The number of carbonyl (C=O) groups is 2. The zero-order chi connectivity index (χ0) is 13.7. The number of rotatable bonds is 5. The summed E-state index contributed by atoms with van der Waals surface area (Å²) in [4.78, 5) is 22.2. The molecule has 0 saturated carbocycles. The molecule has 0 saturated heterocycles. The molecule has 5 N–H and O–H groups in total. The Labute approximate surface area is 108 Å². The Bertz CT molecular complexity index is 464. The minimum Gasteiger partial charge on any atom is -0.508 e. The van der Waals surface area contributed by atoms with Crippen LogP contribution in [0, 0.1) is 0 Å². The first-order chi connectivity index (χ1) is 8.40. The van der Waals surface area contributed by atoms with Gasteiger partial charge in [0, 0.05) is 17.6 Å². The zero-order valence-corrected chi connectivity index (χ0v) is 10.5. The number of phenols is 1. The summed E-state index contributed by atoms with van der Waals surface area (Å²) in [6, 6.07) is 3.44. The van der Waals surface area contributed by atoms with Crippen molar-refractivity contribution >= 4 is 29.3 Å². The van der Waals surface area contributed by atoms with Crippen LogP contribution in [0.4, 0.5) is 5.69 Å². The quantitative estimate of drug-likeness (QED) is 0.466. The maximum absolute atomic E-state index is 11.0. The molecule has 0 fully saturated rings. The first-order valence-corrected chi connectivity index (χ1v) is 6.10. The standard InChI is InChI=1S/C11H14N2O4S/c1-6(14)13-9-3-2-7(15)4-10(9)18-5-8(12)11(16)17/h2-4,8,15H,5,12H2,1H3,(H,13,14)(H,16,17)/t8-/m0/s1. The van der Waals surface area contributed by atoms with Crippen molar-refractivity contribution in [2.45, 2.75) is 17.9 Å². The Morgan fingerprint density at radius 1 is 1.50 bits per heavy atom. The fraction of sp³-hybridized carbons (Fsp3) is 0.273. The van der Waals surface area contributed by atoms with Crippen molar-refractivity contribution in [2.75, 3.05) is 11.1 Å². The highest BCUT2D eigenvalue weighted by molar-refractivity contribution is 7.99. The lowest BCUT2D eigenvalue weighted by atomic mass is 10.3. The third-order valence-corrected chi connectivity index (χ3v) is 3.19. The molecule has 0 aliphatic heterocycles. The van der Waals surface area contributed by atoms with Crippen LogP contribution in [-0.2, 0) is 9.59 Å². The number of amides is 1. The second-order valence-electron chi connectivity index (χ2n) is 3.62. The minimum atomic E-state index is -1.09. The highest BCUT2D eigenvalue weighted by Crippen LogP contribution is 2.31. The topological polar surface area (TPSA) is 113 Å². The Morgan fingerprint density at radius 2 is 2.17 bits per heavy atom. The average molecular weight is 270 g/mol. The predicted molar refractivity (Wildman–Crippen MR) is 68.7 cm³/mol. The first kappa shape index (κ1) is 14.3. The van der Waals surface area contributed by atoms with Gasteiger partial charge >= 0.3 is 5.97 Å². The summed E-state index contributed by atoms with van der Waals surface area (Å²) < 4.78 is 0. The van der Waals surface area contributed by atoms with E-state index in [1.54, 1.807) is 6.07 Å². The second kappa shape index (κ2) is 6.27. The van der Waals surface area contributed by atoms with Crippen LogP contribution < -0.4 is 11.1 Å².